The van der Waals surface area contributed by atoms with E-state index in [9.17, 15) is 4.79 Å². The zero-order valence-corrected chi connectivity index (χ0v) is 19.8. The molecule has 1 atom stereocenters. The highest BCUT2D eigenvalue weighted by atomic mass is 16.4. The first-order valence-electron chi connectivity index (χ1n) is 11.7. The molecule has 4 aromatic rings. The highest BCUT2D eigenvalue weighted by molar-refractivity contribution is 5.77. The number of aliphatic carboxylic acids is 1. The third kappa shape index (κ3) is 6.19. The molecule has 5 heterocycles. The smallest absolute Gasteiger partial charge is 0.320 e. The first kappa shape index (κ1) is 23.8. The maximum absolute atomic E-state index is 10.4. The summed E-state index contributed by atoms with van der Waals surface area (Å²) in [6.07, 6.45) is 8.36. The van der Waals surface area contributed by atoms with Gasteiger partial charge in [-0.15, -0.1) is 0 Å². The number of benzene rings is 1. The molecule has 0 saturated carbocycles. The Morgan fingerprint density at radius 1 is 0.703 bits per heavy atom. The van der Waals surface area contributed by atoms with Crippen molar-refractivity contribution in [1.82, 2.24) is 19.9 Å². The molecule has 0 radical (unpaired) electrons. The minimum absolute atomic E-state index is 0.160. The van der Waals surface area contributed by atoms with Crippen molar-refractivity contribution in [3.05, 3.63) is 101 Å². The van der Waals surface area contributed by atoms with Gasteiger partial charge in [-0.25, -0.2) is 9.97 Å². The minimum Gasteiger partial charge on any atom is -0.508 e. The first-order chi connectivity index (χ1) is 17.9. The normalized spacial score (nSPS) is 12.6. The number of nitrogens with two attached hydrogens (primary N) is 1. The number of fused-ring (bicyclic) bond motifs is 8. The Bertz CT molecular complexity index is 1490. The molecule has 8 bridgehead atoms. The van der Waals surface area contributed by atoms with Crippen LogP contribution in [0.25, 0.3) is 46.4 Å². The lowest BCUT2D eigenvalue weighted by molar-refractivity contribution is -0.138. The molecule has 8 heteroatoms. The number of carboxylic acids is 1. The highest BCUT2D eigenvalue weighted by Gasteiger charge is 2.11. The number of nitrogens with one attached hydrogen (secondary N) is 2. The summed E-state index contributed by atoms with van der Waals surface area (Å²) >= 11 is 0. The lowest BCUT2D eigenvalue weighted by atomic mass is 10.1. The van der Waals surface area contributed by atoms with E-state index in [1.165, 1.54) is 12.1 Å². The molecule has 6 N–H and O–H groups in total. The van der Waals surface area contributed by atoms with E-state index >= 15 is 0 Å². The average Bonchev–Trinajstić information content (AvgIpc) is 3.67. The third-order valence-electron chi connectivity index (χ3n) is 5.75. The summed E-state index contributed by atoms with van der Waals surface area (Å²) in [5.74, 6) is -0.860. The summed E-state index contributed by atoms with van der Waals surface area (Å²) in [6, 6.07) is 21.8. The van der Waals surface area contributed by atoms with Crippen LogP contribution in [0.2, 0.25) is 0 Å². The van der Waals surface area contributed by atoms with Crippen LogP contribution in [0.3, 0.4) is 0 Å². The van der Waals surface area contributed by atoms with Crippen LogP contribution in [-0.2, 0) is 11.2 Å². The molecule has 2 aliphatic rings. The van der Waals surface area contributed by atoms with E-state index in [0.29, 0.717) is 0 Å². The topological polar surface area (TPSA) is 141 Å². The van der Waals surface area contributed by atoms with Gasteiger partial charge in [0.2, 0.25) is 0 Å². The van der Waals surface area contributed by atoms with Gasteiger partial charge in [0, 0.05) is 22.1 Å². The standard InChI is InChI=1S/C20H14N4.C9H11NO3/c1-2-14-10-16-5-6-18(23-16)12-20-8-7-19(24-20)11-17-4-3-15(22-17)9-13(1)21-14;10-8(9(12)13)5-6-1-3-7(11)4-2-6/h1-12,21,24H;1-4,8,11H,5,10H2,(H,12,13)/t;8-/m.0/s1. The molecule has 184 valence electrons. The largest absolute Gasteiger partial charge is 0.508 e. The number of carboxylic acid groups (broad SMARTS) is 1. The monoisotopic (exact) mass is 491 g/mol. The van der Waals surface area contributed by atoms with Crippen LogP contribution in [0, 0.1) is 0 Å². The minimum atomic E-state index is -1.02. The number of carbonyl (C=O) groups is 1. The molecule has 0 saturated heterocycles. The number of phenolic OH excluding ortho intramolecular Hbond substituents is 1. The molecule has 0 aliphatic carbocycles. The molecule has 0 amide bonds. The van der Waals surface area contributed by atoms with Gasteiger partial charge in [0.25, 0.3) is 0 Å². The number of nitrogens with zero attached hydrogens (tertiary/aromatic N) is 2. The fraction of sp³-hybridized carbons (Fsp3) is 0.0690. The van der Waals surface area contributed by atoms with Gasteiger partial charge in [-0.3, -0.25) is 4.79 Å². The van der Waals surface area contributed by atoms with Crippen molar-refractivity contribution in [3.8, 4) is 5.75 Å². The van der Waals surface area contributed by atoms with Crippen LogP contribution in [0.5, 0.6) is 5.75 Å². The fourth-order valence-electron chi connectivity index (χ4n) is 3.92. The Morgan fingerprint density at radius 3 is 1.43 bits per heavy atom. The van der Waals surface area contributed by atoms with Crippen molar-refractivity contribution >= 4 is 52.3 Å². The van der Waals surface area contributed by atoms with Crippen molar-refractivity contribution in [3.63, 3.8) is 0 Å². The van der Waals surface area contributed by atoms with Crippen molar-refractivity contribution in [1.29, 1.82) is 0 Å². The number of phenols is 1. The van der Waals surface area contributed by atoms with Gasteiger partial charge < -0.3 is 25.9 Å². The molecule has 3 aromatic heterocycles. The maximum Gasteiger partial charge on any atom is 0.320 e. The Hall–Kier alpha value is -4.95. The van der Waals surface area contributed by atoms with E-state index in [4.69, 9.17) is 15.9 Å². The van der Waals surface area contributed by atoms with Gasteiger partial charge in [0.05, 0.1) is 22.8 Å². The van der Waals surface area contributed by atoms with Crippen molar-refractivity contribution in [2.24, 2.45) is 5.73 Å². The molecule has 0 fully saturated rings. The predicted molar refractivity (Wildman–Crippen MR) is 146 cm³/mol. The lowest BCUT2D eigenvalue weighted by Gasteiger charge is -2.05. The van der Waals surface area contributed by atoms with Gasteiger partial charge in [-0.05, 0) is 97.0 Å². The average molecular weight is 492 g/mol. The molecular weight excluding hydrogens is 466 g/mol. The number of rotatable bonds is 3. The summed E-state index contributed by atoms with van der Waals surface area (Å²) in [4.78, 5) is 26.4. The van der Waals surface area contributed by atoms with Crippen LogP contribution >= 0.6 is 0 Å². The second kappa shape index (κ2) is 10.3. The molecule has 6 rings (SSSR count). The van der Waals surface area contributed by atoms with Crippen LogP contribution in [0.15, 0.2) is 72.8 Å². The number of aromatic amines is 2. The molecule has 0 unspecified atom stereocenters. The van der Waals surface area contributed by atoms with Crippen molar-refractivity contribution < 1.29 is 15.0 Å². The lowest BCUT2D eigenvalue weighted by Crippen LogP contribution is -2.32. The summed E-state index contributed by atoms with van der Waals surface area (Å²) in [5, 5.41) is 17.5. The number of aromatic hydroxyl groups is 1. The van der Waals surface area contributed by atoms with E-state index < -0.39 is 12.0 Å². The second-order valence-electron chi connectivity index (χ2n) is 8.72. The predicted octanol–water partition coefficient (Wildman–Crippen LogP) is 5.00. The van der Waals surface area contributed by atoms with E-state index in [2.05, 4.69) is 44.2 Å². The summed E-state index contributed by atoms with van der Waals surface area (Å²) in [6.45, 7) is 0. The SMILES string of the molecule is C1=Cc2cc3ccc(cc4nc(cc5ccc(cc1n2)[nH]5)C=C4)[nH]3.N[C@@H](Cc1ccc(O)cc1)C(=O)O. The molecule has 2 aliphatic heterocycles. The van der Waals surface area contributed by atoms with Crippen LogP contribution in [-0.4, -0.2) is 42.2 Å². The van der Waals surface area contributed by atoms with E-state index in [0.717, 1.165) is 50.4 Å². The van der Waals surface area contributed by atoms with Crippen LogP contribution in [0.1, 0.15) is 28.3 Å². The summed E-state index contributed by atoms with van der Waals surface area (Å²) in [5.41, 5.74) is 14.0. The Morgan fingerprint density at radius 2 is 1.08 bits per heavy atom. The summed E-state index contributed by atoms with van der Waals surface area (Å²) in [7, 11) is 0. The Kier molecular flexibility index (Phi) is 6.65. The number of hydrogen-bond acceptors (Lipinski definition) is 5. The zero-order valence-electron chi connectivity index (χ0n) is 19.8. The molecule has 1 aromatic carbocycles. The van der Waals surface area contributed by atoms with Gasteiger partial charge in [0.1, 0.15) is 11.8 Å². The Labute approximate surface area is 212 Å². The van der Waals surface area contributed by atoms with E-state index in [1.807, 2.05) is 48.6 Å². The fourth-order valence-corrected chi connectivity index (χ4v) is 3.92. The first-order valence-corrected chi connectivity index (χ1v) is 11.7. The third-order valence-corrected chi connectivity index (χ3v) is 5.75. The van der Waals surface area contributed by atoms with E-state index in [-0.39, 0.29) is 12.2 Å². The summed E-state index contributed by atoms with van der Waals surface area (Å²) < 4.78 is 0. The van der Waals surface area contributed by atoms with Gasteiger partial charge in [-0.2, -0.15) is 0 Å². The zero-order chi connectivity index (χ0) is 25.8. The second-order valence-corrected chi connectivity index (χ2v) is 8.72. The maximum atomic E-state index is 10.4. The number of aromatic nitrogens is 4. The van der Waals surface area contributed by atoms with Gasteiger partial charge >= 0.3 is 5.97 Å². The molecular formula is C29H25N5O3. The van der Waals surface area contributed by atoms with Crippen molar-refractivity contribution in [2.75, 3.05) is 0 Å². The van der Waals surface area contributed by atoms with Gasteiger partial charge in [-0.1, -0.05) is 12.1 Å². The van der Waals surface area contributed by atoms with Crippen LogP contribution < -0.4 is 5.73 Å². The quantitative estimate of drug-likeness (QED) is 0.236. The molecule has 8 nitrogen and oxygen atoms in total. The van der Waals surface area contributed by atoms with Crippen molar-refractivity contribution in [2.45, 2.75) is 12.5 Å². The van der Waals surface area contributed by atoms with Gasteiger partial charge in [0.15, 0.2) is 0 Å². The molecule has 37 heavy (non-hydrogen) atoms. The van der Waals surface area contributed by atoms with E-state index in [1.54, 1.807) is 12.1 Å². The Balaban J connectivity index is 0.000000184. The number of H-pyrrole nitrogens is 2. The highest BCUT2D eigenvalue weighted by Crippen LogP contribution is 2.17. The number of hydrogen-bond donors (Lipinski definition) is 5. The molecule has 0 spiro atoms. The van der Waals surface area contributed by atoms with Crippen LogP contribution in [0.4, 0.5) is 0 Å².